The van der Waals surface area contributed by atoms with Gasteiger partial charge in [0.1, 0.15) is 0 Å². The fraction of sp³-hybridized carbons (Fsp3) is 0.286. The van der Waals surface area contributed by atoms with Crippen LogP contribution in [0.3, 0.4) is 0 Å². The second-order valence-corrected chi connectivity index (χ2v) is 6.28. The summed E-state index contributed by atoms with van der Waals surface area (Å²) in [5, 5.41) is 4.24. The zero-order valence-corrected chi connectivity index (χ0v) is 14.7. The molecule has 1 N–H and O–H groups in total. The van der Waals surface area contributed by atoms with E-state index in [2.05, 4.69) is 52.2 Å². The van der Waals surface area contributed by atoms with Crippen molar-refractivity contribution in [3.8, 4) is 0 Å². The van der Waals surface area contributed by atoms with Crippen LogP contribution in [0.4, 0.5) is 5.69 Å². The summed E-state index contributed by atoms with van der Waals surface area (Å²) in [6.45, 7) is 2.35. The van der Waals surface area contributed by atoms with E-state index < -0.39 is 0 Å². The number of aromatic nitrogens is 1. The molecule has 0 atom stereocenters. The van der Waals surface area contributed by atoms with Crippen molar-refractivity contribution in [2.75, 3.05) is 25.0 Å². The first-order chi connectivity index (χ1) is 12.2. The van der Waals surface area contributed by atoms with Crippen molar-refractivity contribution < 1.29 is 4.79 Å². The Bertz CT molecular complexity index is 810. The molecule has 130 valence electrons. The van der Waals surface area contributed by atoms with Crippen LogP contribution in [0.25, 0.3) is 10.9 Å². The summed E-state index contributed by atoms with van der Waals surface area (Å²) in [7, 11) is 2.08. The van der Waals surface area contributed by atoms with Crippen molar-refractivity contribution in [3.05, 3.63) is 66.9 Å². The highest BCUT2D eigenvalue weighted by Crippen LogP contribution is 2.15. The quantitative estimate of drug-likeness (QED) is 0.638. The minimum Gasteiger partial charge on any atom is -0.375 e. The van der Waals surface area contributed by atoms with Gasteiger partial charge in [0, 0.05) is 50.5 Å². The largest absolute Gasteiger partial charge is 0.375 e. The standard InChI is InChI=1S/C21H25N3O/c1-23(19-9-3-2-4-10-19)15-7-14-22-21(25)13-17-24-16-12-18-8-5-6-11-20(18)24/h2-6,8-12,16H,7,13-15,17H2,1H3,(H,22,25). The number of amides is 1. The first-order valence-corrected chi connectivity index (χ1v) is 8.81. The average Bonchev–Trinajstić information content (AvgIpc) is 3.07. The molecular formula is C21H25N3O. The molecule has 4 heteroatoms. The molecule has 0 spiro atoms. The number of hydrogen-bond donors (Lipinski definition) is 1. The highest BCUT2D eigenvalue weighted by molar-refractivity contribution is 5.80. The van der Waals surface area contributed by atoms with Crippen molar-refractivity contribution in [1.82, 2.24) is 9.88 Å². The fourth-order valence-corrected chi connectivity index (χ4v) is 3.00. The van der Waals surface area contributed by atoms with Crippen molar-refractivity contribution in [1.29, 1.82) is 0 Å². The van der Waals surface area contributed by atoms with Gasteiger partial charge in [0.05, 0.1) is 0 Å². The highest BCUT2D eigenvalue weighted by atomic mass is 16.1. The van der Waals surface area contributed by atoms with E-state index in [0.717, 1.165) is 13.0 Å². The van der Waals surface area contributed by atoms with E-state index in [-0.39, 0.29) is 5.91 Å². The Morgan fingerprint density at radius 2 is 1.80 bits per heavy atom. The monoisotopic (exact) mass is 335 g/mol. The Labute approximate surface area is 149 Å². The molecule has 0 aliphatic carbocycles. The van der Waals surface area contributed by atoms with Gasteiger partial charge in [0.15, 0.2) is 0 Å². The molecule has 2 aromatic carbocycles. The number of benzene rings is 2. The third kappa shape index (κ3) is 4.63. The molecule has 0 aliphatic heterocycles. The van der Waals surface area contributed by atoms with E-state index in [4.69, 9.17) is 0 Å². The molecule has 0 unspecified atom stereocenters. The molecule has 0 saturated carbocycles. The van der Waals surface area contributed by atoms with Crippen molar-refractivity contribution >= 4 is 22.5 Å². The maximum absolute atomic E-state index is 12.1. The Balaban J connectivity index is 1.37. The molecule has 1 heterocycles. The number of fused-ring (bicyclic) bond motifs is 1. The van der Waals surface area contributed by atoms with Gasteiger partial charge in [0.25, 0.3) is 0 Å². The zero-order chi connectivity index (χ0) is 17.5. The number of anilines is 1. The SMILES string of the molecule is CN(CCCNC(=O)CCn1ccc2ccccc21)c1ccccc1. The van der Waals surface area contributed by atoms with Crippen LogP contribution in [0.2, 0.25) is 0 Å². The Hall–Kier alpha value is -2.75. The molecule has 0 saturated heterocycles. The molecule has 1 amide bonds. The third-order valence-corrected chi connectivity index (χ3v) is 4.45. The normalized spacial score (nSPS) is 10.8. The Kier molecular flexibility index (Phi) is 5.73. The van der Waals surface area contributed by atoms with Gasteiger partial charge in [-0.25, -0.2) is 0 Å². The van der Waals surface area contributed by atoms with Gasteiger partial charge in [-0.3, -0.25) is 4.79 Å². The average molecular weight is 335 g/mol. The van der Waals surface area contributed by atoms with Crippen molar-refractivity contribution in [3.63, 3.8) is 0 Å². The van der Waals surface area contributed by atoms with E-state index in [1.807, 2.05) is 36.5 Å². The maximum Gasteiger partial charge on any atom is 0.221 e. The molecule has 0 aliphatic rings. The number of para-hydroxylation sites is 2. The van der Waals surface area contributed by atoms with Gasteiger partial charge < -0.3 is 14.8 Å². The second kappa shape index (κ2) is 8.38. The van der Waals surface area contributed by atoms with Crippen LogP contribution in [-0.4, -0.2) is 30.6 Å². The van der Waals surface area contributed by atoms with Crippen LogP contribution in [0.5, 0.6) is 0 Å². The molecule has 3 aromatic rings. The van der Waals surface area contributed by atoms with Gasteiger partial charge in [-0.2, -0.15) is 0 Å². The summed E-state index contributed by atoms with van der Waals surface area (Å²) in [5.74, 6) is 0.111. The van der Waals surface area contributed by atoms with E-state index in [1.54, 1.807) is 0 Å². The molecule has 3 rings (SSSR count). The number of nitrogens with zero attached hydrogens (tertiary/aromatic N) is 2. The van der Waals surface area contributed by atoms with E-state index in [9.17, 15) is 4.79 Å². The second-order valence-electron chi connectivity index (χ2n) is 6.28. The number of rotatable bonds is 8. The van der Waals surface area contributed by atoms with E-state index in [0.29, 0.717) is 19.5 Å². The number of nitrogens with one attached hydrogen (secondary N) is 1. The minimum absolute atomic E-state index is 0.111. The molecule has 1 aromatic heterocycles. The lowest BCUT2D eigenvalue weighted by atomic mass is 10.2. The van der Waals surface area contributed by atoms with Gasteiger partial charge >= 0.3 is 0 Å². The first kappa shape index (κ1) is 17.1. The highest BCUT2D eigenvalue weighted by Gasteiger charge is 2.05. The van der Waals surface area contributed by atoms with Crippen LogP contribution >= 0.6 is 0 Å². The molecular weight excluding hydrogens is 310 g/mol. The summed E-state index contributed by atoms with van der Waals surface area (Å²) >= 11 is 0. The van der Waals surface area contributed by atoms with Crippen LogP contribution in [0.15, 0.2) is 66.9 Å². The zero-order valence-electron chi connectivity index (χ0n) is 14.7. The number of hydrogen-bond acceptors (Lipinski definition) is 2. The fourth-order valence-electron chi connectivity index (χ4n) is 3.00. The summed E-state index contributed by atoms with van der Waals surface area (Å²) in [6.07, 6.45) is 3.49. The van der Waals surface area contributed by atoms with Crippen LogP contribution in [0.1, 0.15) is 12.8 Å². The molecule has 25 heavy (non-hydrogen) atoms. The van der Waals surface area contributed by atoms with Crippen LogP contribution in [0, 0.1) is 0 Å². The predicted octanol–water partition coefficient (Wildman–Crippen LogP) is 3.67. The topological polar surface area (TPSA) is 37.3 Å². The smallest absolute Gasteiger partial charge is 0.221 e. The lowest BCUT2D eigenvalue weighted by Crippen LogP contribution is -2.28. The molecule has 0 radical (unpaired) electrons. The van der Waals surface area contributed by atoms with E-state index in [1.165, 1.54) is 16.6 Å². The van der Waals surface area contributed by atoms with Crippen molar-refractivity contribution in [2.45, 2.75) is 19.4 Å². The number of carbonyl (C=O) groups excluding carboxylic acids is 1. The van der Waals surface area contributed by atoms with Gasteiger partial charge in [-0.05, 0) is 36.1 Å². The molecule has 4 nitrogen and oxygen atoms in total. The van der Waals surface area contributed by atoms with Gasteiger partial charge in [0.2, 0.25) is 5.91 Å². The minimum atomic E-state index is 0.111. The maximum atomic E-state index is 12.1. The Morgan fingerprint density at radius 3 is 2.64 bits per heavy atom. The van der Waals surface area contributed by atoms with Crippen LogP contribution in [-0.2, 0) is 11.3 Å². The summed E-state index contributed by atoms with van der Waals surface area (Å²) in [5.41, 5.74) is 2.38. The van der Waals surface area contributed by atoms with Crippen LogP contribution < -0.4 is 10.2 Å². The summed E-state index contributed by atoms with van der Waals surface area (Å²) in [6, 6.07) is 20.6. The summed E-state index contributed by atoms with van der Waals surface area (Å²) < 4.78 is 2.14. The Morgan fingerprint density at radius 1 is 1.04 bits per heavy atom. The molecule has 0 fully saturated rings. The number of aryl methyl sites for hydroxylation is 1. The van der Waals surface area contributed by atoms with E-state index >= 15 is 0 Å². The lowest BCUT2D eigenvalue weighted by Gasteiger charge is -2.19. The lowest BCUT2D eigenvalue weighted by molar-refractivity contribution is -0.121. The van der Waals surface area contributed by atoms with Crippen molar-refractivity contribution in [2.24, 2.45) is 0 Å². The van der Waals surface area contributed by atoms with Gasteiger partial charge in [-0.1, -0.05) is 36.4 Å². The summed E-state index contributed by atoms with van der Waals surface area (Å²) in [4.78, 5) is 14.3. The predicted molar refractivity (Wildman–Crippen MR) is 104 cm³/mol. The number of carbonyl (C=O) groups is 1. The first-order valence-electron chi connectivity index (χ1n) is 8.81. The third-order valence-electron chi connectivity index (χ3n) is 4.45. The molecule has 0 bridgehead atoms. The van der Waals surface area contributed by atoms with Gasteiger partial charge in [-0.15, -0.1) is 0 Å².